The molecule has 0 aliphatic carbocycles. The maximum atomic E-state index is 12.4. The van der Waals surface area contributed by atoms with Crippen LogP contribution in [-0.4, -0.2) is 46.1 Å². The summed E-state index contributed by atoms with van der Waals surface area (Å²) < 4.78 is 0. The number of unbranched alkanes of at least 4 members (excludes halogenated alkanes) is 38. The van der Waals surface area contributed by atoms with Gasteiger partial charge in [0.25, 0.3) is 0 Å². The fourth-order valence-electron chi connectivity index (χ4n) is 8.79. The predicted molar refractivity (Wildman–Crippen MR) is 268 cm³/mol. The molecule has 0 spiro atoms. The number of aliphatic hydroxyl groups is 3. The topological polar surface area (TPSA) is 89.8 Å². The Morgan fingerprint density at radius 2 is 0.705 bits per heavy atom. The summed E-state index contributed by atoms with van der Waals surface area (Å²) in [4.78, 5) is 12.4. The first-order valence-corrected chi connectivity index (χ1v) is 27.6. The molecule has 0 aromatic heterocycles. The van der Waals surface area contributed by atoms with Crippen molar-refractivity contribution in [3.8, 4) is 0 Å². The van der Waals surface area contributed by atoms with Crippen LogP contribution < -0.4 is 5.32 Å². The number of allylic oxidation sites excluding steroid dienone is 4. The zero-order chi connectivity index (χ0) is 44.4. The highest BCUT2D eigenvalue weighted by molar-refractivity contribution is 5.76. The number of amides is 1. The number of hydrogen-bond donors (Lipinski definition) is 4. The summed E-state index contributed by atoms with van der Waals surface area (Å²) in [6.07, 6.45) is 65.1. The van der Waals surface area contributed by atoms with Crippen molar-refractivity contribution in [3.05, 3.63) is 24.3 Å². The summed E-state index contributed by atoms with van der Waals surface area (Å²) in [6, 6.07) is -0.655. The Labute approximate surface area is 382 Å². The number of carbonyl (C=O) groups excluding carboxylic acids is 1. The van der Waals surface area contributed by atoms with Crippen LogP contribution in [0.1, 0.15) is 303 Å². The summed E-state index contributed by atoms with van der Waals surface area (Å²) in [7, 11) is 0. The van der Waals surface area contributed by atoms with Crippen LogP contribution in [0.25, 0.3) is 0 Å². The highest BCUT2D eigenvalue weighted by Crippen LogP contribution is 2.17. The van der Waals surface area contributed by atoms with Gasteiger partial charge in [0, 0.05) is 0 Å². The summed E-state index contributed by atoms with van der Waals surface area (Å²) >= 11 is 0. The molecule has 0 rings (SSSR count). The Hall–Kier alpha value is -1.17. The molecule has 3 unspecified atom stereocenters. The van der Waals surface area contributed by atoms with Crippen LogP contribution in [0.4, 0.5) is 0 Å². The number of nitrogens with one attached hydrogen (secondary N) is 1. The van der Waals surface area contributed by atoms with E-state index in [2.05, 4.69) is 43.5 Å². The van der Waals surface area contributed by atoms with Gasteiger partial charge in [-0.15, -0.1) is 0 Å². The van der Waals surface area contributed by atoms with Crippen LogP contribution in [0, 0.1) is 0 Å². The molecule has 0 aliphatic rings. The largest absolute Gasteiger partial charge is 0.394 e. The van der Waals surface area contributed by atoms with Crippen LogP contribution in [0.3, 0.4) is 0 Å². The predicted octanol–water partition coefficient (Wildman–Crippen LogP) is 16.9. The molecule has 0 bridgehead atoms. The molecule has 0 aromatic rings. The van der Waals surface area contributed by atoms with Gasteiger partial charge in [-0.25, -0.2) is 0 Å². The number of hydrogen-bond acceptors (Lipinski definition) is 4. The average Bonchev–Trinajstić information content (AvgIpc) is 3.25. The van der Waals surface area contributed by atoms with Gasteiger partial charge in [-0.3, -0.25) is 4.79 Å². The zero-order valence-electron chi connectivity index (χ0n) is 41.3. The number of aliphatic hydroxyl groups excluding tert-OH is 3. The van der Waals surface area contributed by atoms with Gasteiger partial charge in [0.1, 0.15) is 0 Å². The van der Waals surface area contributed by atoms with E-state index in [1.807, 2.05) is 0 Å². The molecule has 3 atom stereocenters. The Morgan fingerprint density at radius 1 is 0.410 bits per heavy atom. The Kier molecular flexibility index (Phi) is 50.5. The van der Waals surface area contributed by atoms with E-state index in [-0.39, 0.29) is 18.9 Å². The summed E-state index contributed by atoms with van der Waals surface area (Å²) in [5, 5.41) is 33.3. The van der Waals surface area contributed by atoms with Crippen LogP contribution in [0.5, 0.6) is 0 Å². The monoisotopic (exact) mass is 860 g/mol. The molecule has 4 N–H and O–H groups in total. The molecule has 0 saturated heterocycles. The van der Waals surface area contributed by atoms with Crippen molar-refractivity contribution >= 4 is 5.91 Å². The first-order chi connectivity index (χ1) is 30.0. The van der Waals surface area contributed by atoms with Crippen LogP contribution in [0.15, 0.2) is 24.3 Å². The van der Waals surface area contributed by atoms with Gasteiger partial charge in [0.2, 0.25) is 5.91 Å². The molecule has 61 heavy (non-hydrogen) atoms. The lowest BCUT2D eigenvalue weighted by molar-refractivity contribution is -0.125. The minimum Gasteiger partial charge on any atom is -0.394 e. The smallest absolute Gasteiger partial charge is 0.222 e. The third-order valence-corrected chi connectivity index (χ3v) is 13.0. The molecule has 0 radical (unpaired) electrons. The maximum Gasteiger partial charge on any atom is 0.222 e. The summed E-state index contributed by atoms with van der Waals surface area (Å²) in [5.41, 5.74) is 0. The quantitative estimate of drug-likeness (QED) is 0.0362. The lowest BCUT2D eigenvalue weighted by Gasteiger charge is -2.23. The fraction of sp³-hybridized carbons (Fsp3) is 0.911. The van der Waals surface area contributed by atoms with Crippen LogP contribution in [0.2, 0.25) is 0 Å². The maximum absolute atomic E-state index is 12.4. The Balaban J connectivity index is 3.42. The Morgan fingerprint density at radius 3 is 1.03 bits per heavy atom. The van der Waals surface area contributed by atoms with Crippen molar-refractivity contribution in [1.29, 1.82) is 0 Å². The molecule has 0 aromatic carbocycles. The van der Waals surface area contributed by atoms with Gasteiger partial charge in [0.15, 0.2) is 0 Å². The van der Waals surface area contributed by atoms with E-state index in [0.717, 1.165) is 32.1 Å². The third kappa shape index (κ3) is 48.1. The second kappa shape index (κ2) is 51.5. The van der Waals surface area contributed by atoms with E-state index in [1.165, 1.54) is 238 Å². The zero-order valence-corrected chi connectivity index (χ0v) is 41.3. The van der Waals surface area contributed by atoms with E-state index in [0.29, 0.717) is 12.8 Å². The molecule has 0 heterocycles. The van der Waals surface area contributed by atoms with E-state index in [1.54, 1.807) is 0 Å². The van der Waals surface area contributed by atoms with E-state index in [9.17, 15) is 20.1 Å². The van der Waals surface area contributed by atoms with Gasteiger partial charge >= 0.3 is 0 Å². The second-order valence-corrected chi connectivity index (χ2v) is 19.2. The van der Waals surface area contributed by atoms with Crippen molar-refractivity contribution < 1.29 is 20.1 Å². The average molecular weight is 860 g/mol. The second-order valence-electron chi connectivity index (χ2n) is 19.2. The van der Waals surface area contributed by atoms with E-state index >= 15 is 0 Å². The molecule has 1 amide bonds. The van der Waals surface area contributed by atoms with E-state index in [4.69, 9.17) is 0 Å². The lowest BCUT2D eigenvalue weighted by atomic mass is 10.0. The molecule has 0 aliphatic heterocycles. The van der Waals surface area contributed by atoms with Gasteiger partial charge in [-0.2, -0.15) is 0 Å². The summed E-state index contributed by atoms with van der Waals surface area (Å²) in [6.45, 7) is 4.26. The lowest BCUT2D eigenvalue weighted by Crippen LogP contribution is -2.46. The van der Waals surface area contributed by atoms with Crippen molar-refractivity contribution in [2.24, 2.45) is 0 Å². The van der Waals surface area contributed by atoms with Crippen LogP contribution in [-0.2, 0) is 4.79 Å². The first-order valence-electron chi connectivity index (χ1n) is 27.6. The summed E-state index contributed by atoms with van der Waals surface area (Å²) in [5.74, 6) is -0.282. The molecular formula is C56H109NO4. The first kappa shape index (κ1) is 59.8. The highest BCUT2D eigenvalue weighted by Gasteiger charge is 2.21. The Bertz CT molecular complexity index is 905. The minimum atomic E-state index is -0.745. The van der Waals surface area contributed by atoms with Crippen molar-refractivity contribution in [2.45, 2.75) is 321 Å². The molecule has 0 saturated carbocycles. The molecule has 5 nitrogen and oxygen atoms in total. The molecule has 5 heteroatoms. The van der Waals surface area contributed by atoms with E-state index < -0.39 is 18.2 Å². The van der Waals surface area contributed by atoms with Gasteiger partial charge < -0.3 is 20.6 Å². The normalized spacial score (nSPS) is 13.5. The van der Waals surface area contributed by atoms with Crippen molar-refractivity contribution in [3.63, 3.8) is 0 Å². The van der Waals surface area contributed by atoms with Crippen molar-refractivity contribution in [1.82, 2.24) is 5.32 Å². The molecular weight excluding hydrogens is 751 g/mol. The van der Waals surface area contributed by atoms with Gasteiger partial charge in [0.05, 0.1) is 31.3 Å². The number of rotatable bonds is 51. The minimum absolute atomic E-state index is 0.0384. The van der Waals surface area contributed by atoms with Gasteiger partial charge in [-0.05, 0) is 44.9 Å². The standard InChI is InChI=1S/C56H109NO4/c1-3-5-7-9-11-13-14-15-16-17-18-19-20-21-22-23-24-25-26-27-28-29-30-31-32-33-34-35-36-37-38-39-40-42-43-45-47-49-53(59)51-56(61)57-54(52-58)55(60)50-48-46-44-41-12-10-8-6-4-2/h24-25,27-28,53-55,58-60H,3-23,26,29-52H2,1-2H3,(H,57,61)/b25-24-,28-27-. The van der Waals surface area contributed by atoms with Gasteiger partial charge in [-0.1, -0.05) is 276 Å². The SMILES string of the molecule is CCCCCCCCCCCCCCCCC/C=C\C/C=C\CCCCCCCCCCCCCCCCCC(O)CC(=O)NC(CO)C(O)CCCCCCCCCCC. The number of carbonyl (C=O) groups is 1. The molecule has 0 fully saturated rings. The van der Waals surface area contributed by atoms with Crippen LogP contribution >= 0.6 is 0 Å². The fourth-order valence-corrected chi connectivity index (χ4v) is 8.79. The third-order valence-electron chi connectivity index (χ3n) is 13.0. The highest BCUT2D eigenvalue weighted by atomic mass is 16.3. The van der Waals surface area contributed by atoms with Crippen molar-refractivity contribution in [2.75, 3.05) is 6.61 Å². The molecule has 362 valence electrons.